The van der Waals surface area contributed by atoms with E-state index in [1.165, 1.54) is 22.9 Å². The lowest BCUT2D eigenvalue weighted by Crippen LogP contribution is -2.33. The molecule has 0 saturated heterocycles. The Bertz CT molecular complexity index is 842. The van der Waals surface area contributed by atoms with Crippen LogP contribution in [0.3, 0.4) is 0 Å². The number of benzene rings is 1. The molecule has 0 radical (unpaired) electrons. The Kier molecular flexibility index (Phi) is 6.26. The number of allylic oxidation sites excluding steroid dienone is 2. The molecule has 0 amide bonds. The number of nitrogens with one attached hydrogen (secondary N) is 1. The van der Waals surface area contributed by atoms with Gasteiger partial charge in [0.15, 0.2) is 0 Å². The quantitative estimate of drug-likeness (QED) is 0.640. The summed E-state index contributed by atoms with van der Waals surface area (Å²) in [4.78, 5) is 28.0. The van der Waals surface area contributed by atoms with Crippen LogP contribution in [0.1, 0.15) is 37.0 Å². The van der Waals surface area contributed by atoms with E-state index < -0.39 is 0 Å². The summed E-state index contributed by atoms with van der Waals surface area (Å²) in [5, 5.41) is 0.733. The molecule has 0 atom stereocenters. The van der Waals surface area contributed by atoms with Crippen molar-refractivity contribution in [3.05, 3.63) is 67.9 Å². The lowest BCUT2D eigenvalue weighted by atomic mass is 10.2. The third kappa shape index (κ3) is 4.29. The first-order chi connectivity index (χ1) is 11.5. The van der Waals surface area contributed by atoms with Crippen LogP contribution >= 0.6 is 11.8 Å². The molecule has 0 aliphatic heterocycles. The Morgan fingerprint density at radius 2 is 1.75 bits per heavy atom. The Hall–Kier alpha value is -2.01. The second-order valence-electron chi connectivity index (χ2n) is 5.81. The summed E-state index contributed by atoms with van der Waals surface area (Å²) in [5.41, 5.74) is 2.35. The molecule has 0 unspecified atom stereocenters. The highest BCUT2D eigenvalue weighted by atomic mass is 32.2. The number of hydrogen-bond acceptors (Lipinski definition) is 3. The first kappa shape index (κ1) is 18.3. The zero-order chi connectivity index (χ0) is 17.7. The second kappa shape index (κ2) is 8.20. The van der Waals surface area contributed by atoms with Crippen LogP contribution in [-0.4, -0.2) is 9.55 Å². The van der Waals surface area contributed by atoms with Gasteiger partial charge in [-0.3, -0.25) is 14.3 Å². The van der Waals surface area contributed by atoms with Crippen molar-refractivity contribution < 1.29 is 0 Å². The highest BCUT2D eigenvalue weighted by Gasteiger charge is 2.14. The topological polar surface area (TPSA) is 54.9 Å². The van der Waals surface area contributed by atoms with E-state index in [1.807, 2.05) is 32.9 Å². The Morgan fingerprint density at radius 3 is 2.33 bits per heavy atom. The van der Waals surface area contributed by atoms with Crippen molar-refractivity contribution in [1.82, 2.24) is 9.55 Å². The van der Waals surface area contributed by atoms with Gasteiger partial charge in [0.2, 0.25) is 0 Å². The fourth-order valence-corrected chi connectivity index (χ4v) is 3.98. The maximum absolute atomic E-state index is 12.3. The molecule has 128 valence electrons. The number of rotatable bonds is 6. The van der Waals surface area contributed by atoms with Gasteiger partial charge >= 0.3 is 5.69 Å². The van der Waals surface area contributed by atoms with Crippen LogP contribution in [0.2, 0.25) is 0 Å². The molecule has 0 saturated carbocycles. The Morgan fingerprint density at radius 1 is 1.08 bits per heavy atom. The van der Waals surface area contributed by atoms with Gasteiger partial charge in [-0.15, -0.1) is 0 Å². The zero-order valence-electron chi connectivity index (χ0n) is 14.7. The van der Waals surface area contributed by atoms with Crippen LogP contribution < -0.4 is 11.2 Å². The molecule has 2 rings (SSSR count). The van der Waals surface area contributed by atoms with E-state index in [4.69, 9.17) is 0 Å². The van der Waals surface area contributed by atoms with E-state index >= 15 is 0 Å². The first-order valence-corrected chi connectivity index (χ1v) is 9.05. The molecule has 1 heterocycles. The monoisotopic (exact) mass is 344 g/mol. The fraction of sp³-hybridized carbons (Fsp3) is 0.368. The average molecular weight is 344 g/mol. The zero-order valence-corrected chi connectivity index (χ0v) is 15.5. The van der Waals surface area contributed by atoms with Crippen molar-refractivity contribution in [2.75, 3.05) is 0 Å². The van der Waals surface area contributed by atoms with E-state index in [9.17, 15) is 9.59 Å². The molecule has 0 bridgehead atoms. The fourth-order valence-electron chi connectivity index (χ4n) is 2.64. The minimum absolute atomic E-state index is 0.287. The average Bonchev–Trinajstić information content (AvgIpc) is 2.49. The summed E-state index contributed by atoms with van der Waals surface area (Å²) in [6.45, 7) is 8.55. The maximum atomic E-state index is 12.3. The summed E-state index contributed by atoms with van der Waals surface area (Å²) in [6, 6.07) is 6.27. The van der Waals surface area contributed by atoms with Crippen molar-refractivity contribution in [2.24, 2.45) is 0 Å². The number of H-pyrrole nitrogens is 1. The molecule has 0 fully saturated rings. The van der Waals surface area contributed by atoms with Crippen LogP contribution in [0, 0.1) is 13.8 Å². The van der Waals surface area contributed by atoms with Crippen LogP contribution in [0.15, 0.2) is 49.9 Å². The van der Waals surface area contributed by atoms with Gasteiger partial charge in [-0.2, -0.15) is 0 Å². The van der Waals surface area contributed by atoms with Crippen molar-refractivity contribution in [2.45, 2.75) is 57.0 Å². The van der Waals surface area contributed by atoms with E-state index in [1.54, 1.807) is 4.57 Å². The summed E-state index contributed by atoms with van der Waals surface area (Å²) in [5.74, 6) is 0. The van der Waals surface area contributed by atoms with Gasteiger partial charge in [0.05, 0.1) is 5.03 Å². The first-order valence-electron chi connectivity index (χ1n) is 8.23. The predicted molar refractivity (Wildman–Crippen MR) is 100 cm³/mol. The summed E-state index contributed by atoms with van der Waals surface area (Å²) in [6.07, 6.45) is 5.48. The lowest BCUT2D eigenvalue weighted by Gasteiger charge is -2.14. The predicted octanol–water partition coefficient (Wildman–Crippen LogP) is 3.83. The summed E-state index contributed by atoms with van der Waals surface area (Å²) >= 11 is 1.49. The molecule has 2 aromatic rings. The third-order valence-corrected chi connectivity index (χ3v) is 4.83. The number of aryl methyl sites for hydroxylation is 2. The van der Waals surface area contributed by atoms with E-state index in [0.29, 0.717) is 18.5 Å². The van der Waals surface area contributed by atoms with Crippen LogP contribution in [0.5, 0.6) is 0 Å². The molecule has 24 heavy (non-hydrogen) atoms. The van der Waals surface area contributed by atoms with Crippen LogP contribution in [0.4, 0.5) is 0 Å². The molecule has 1 aromatic carbocycles. The van der Waals surface area contributed by atoms with Crippen molar-refractivity contribution in [3.63, 3.8) is 0 Å². The number of aromatic amines is 1. The molecule has 0 aliphatic rings. The maximum Gasteiger partial charge on any atom is 0.329 e. The van der Waals surface area contributed by atoms with Crippen molar-refractivity contribution in [1.29, 1.82) is 0 Å². The van der Waals surface area contributed by atoms with Gasteiger partial charge in [-0.25, -0.2) is 4.79 Å². The van der Waals surface area contributed by atoms with Gasteiger partial charge in [0.25, 0.3) is 5.56 Å². The number of aromatic nitrogens is 2. The molecule has 5 heteroatoms. The van der Waals surface area contributed by atoms with E-state index in [0.717, 1.165) is 16.3 Å². The van der Waals surface area contributed by atoms with Crippen LogP contribution in [-0.2, 0) is 13.0 Å². The lowest BCUT2D eigenvalue weighted by molar-refractivity contribution is 0.644. The second-order valence-corrected chi connectivity index (χ2v) is 6.87. The number of nitrogens with zero attached hydrogens (tertiary/aromatic N) is 1. The molecular formula is C19H24N2O2S. The normalized spacial score (nSPS) is 11.3. The Balaban J connectivity index is 2.58. The summed E-state index contributed by atoms with van der Waals surface area (Å²) < 4.78 is 1.65. The smallest absolute Gasteiger partial charge is 0.284 e. The van der Waals surface area contributed by atoms with Gasteiger partial charge in [-0.1, -0.05) is 43.8 Å². The number of hydrogen-bond donors (Lipinski definition) is 1. The SMILES string of the molecule is CCC=CCn1c(Sc2cc(C)cc(C)c2)c(CC)c(=O)[nH]c1=O. The molecule has 0 spiro atoms. The van der Waals surface area contributed by atoms with Gasteiger partial charge in [-0.05, 0) is 49.9 Å². The van der Waals surface area contributed by atoms with Gasteiger partial charge in [0.1, 0.15) is 0 Å². The van der Waals surface area contributed by atoms with E-state index in [-0.39, 0.29) is 11.2 Å². The highest BCUT2D eigenvalue weighted by Crippen LogP contribution is 2.30. The van der Waals surface area contributed by atoms with Crippen LogP contribution in [0.25, 0.3) is 0 Å². The third-order valence-electron chi connectivity index (χ3n) is 3.70. The Labute approximate surface area is 146 Å². The largest absolute Gasteiger partial charge is 0.329 e. The summed E-state index contributed by atoms with van der Waals surface area (Å²) in [7, 11) is 0. The van der Waals surface area contributed by atoms with Crippen molar-refractivity contribution in [3.8, 4) is 0 Å². The molecule has 0 aliphatic carbocycles. The van der Waals surface area contributed by atoms with E-state index in [2.05, 4.69) is 30.1 Å². The highest BCUT2D eigenvalue weighted by molar-refractivity contribution is 7.99. The molecule has 1 aromatic heterocycles. The minimum Gasteiger partial charge on any atom is -0.284 e. The molecule has 4 nitrogen and oxygen atoms in total. The standard InChI is InChI=1S/C19H24N2O2S/c1-5-7-8-9-21-18(16(6-2)17(22)20-19(21)23)24-15-11-13(3)10-14(4)12-15/h7-8,10-12H,5-6,9H2,1-4H3,(H,20,22,23). The van der Waals surface area contributed by atoms with Gasteiger partial charge < -0.3 is 0 Å². The minimum atomic E-state index is -0.357. The molecule has 1 N–H and O–H groups in total. The van der Waals surface area contributed by atoms with Gasteiger partial charge in [0, 0.05) is 17.0 Å². The van der Waals surface area contributed by atoms with Crippen molar-refractivity contribution >= 4 is 11.8 Å². The molecular weight excluding hydrogens is 320 g/mol.